The number of H-pyrrole nitrogens is 1. The van der Waals surface area contributed by atoms with E-state index in [1.165, 1.54) is 6.20 Å². The number of ether oxygens (including phenoxy) is 1. The number of aromatic amines is 1. The minimum atomic E-state index is -4.63. The van der Waals surface area contributed by atoms with Crippen LogP contribution in [0.25, 0.3) is 0 Å². The van der Waals surface area contributed by atoms with Crippen molar-refractivity contribution in [3.8, 4) is 5.75 Å². The topological polar surface area (TPSA) is 25.0 Å². The number of nitrogens with one attached hydrogen (secondary N) is 1. The molecule has 0 saturated carbocycles. The molecular formula is C5H3F3NO. The first-order valence-electron chi connectivity index (χ1n) is 2.39. The summed E-state index contributed by atoms with van der Waals surface area (Å²) in [6, 6.07) is 1.13. The average molecular weight is 150 g/mol. The van der Waals surface area contributed by atoms with Gasteiger partial charge in [0, 0.05) is 6.20 Å². The number of halogens is 3. The van der Waals surface area contributed by atoms with Crippen molar-refractivity contribution in [2.75, 3.05) is 0 Å². The van der Waals surface area contributed by atoms with Gasteiger partial charge in [-0.3, -0.25) is 0 Å². The molecule has 5 heteroatoms. The van der Waals surface area contributed by atoms with E-state index in [-0.39, 0.29) is 5.75 Å². The monoisotopic (exact) mass is 150 g/mol. The number of hydrogen-bond acceptors (Lipinski definition) is 1. The molecular weight excluding hydrogens is 147 g/mol. The predicted octanol–water partition coefficient (Wildman–Crippen LogP) is 1.71. The van der Waals surface area contributed by atoms with Gasteiger partial charge in [-0.05, 0) is 6.07 Å². The average Bonchev–Trinajstić information content (AvgIpc) is 2.12. The van der Waals surface area contributed by atoms with Crippen molar-refractivity contribution < 1.29 is 17.9 Å². The summed E-state index contributed by atoms with van der Waals surface area (Å²) in [5.74, 6) is -0.354. The molecule has 2 nitrogen and oxygen atoms in total. The molecule has 55 valence electrons. The molecule has 1 heterocycles. The van der Waals surface area contributed by atoms with E-state index < -0.39 is 6.36 Å². The molecule has 10 heavy (non-hydrogen) atoms. The molecule has 1 aromatic rings. The van der Waals surface area contributed by atoms with Gasteiger partial charge in [-0.15, -0.1) is 13.2 Å². The second kappa shape index (κ2) is 2.24. The van der Waals surface area contributed by atoms with Gasteiger partial charge in [-0.2, -0.15) is 0 Å². The van der Waals surface area contributed by atoms with Gasteiger partial charge in [-0.25, -0.2) is 0 Å². The van der Waals surface area contributed by atoms with Crippen LogP contribution in [0.2, 0.25) is 0 Å². The number of rotatable bonds is 1. The van der Waals surface area contributed by atoms with Crippen molar-refractivity contribution in [2.24, 2.45) is 0 Å². The van der Waals surface area contributed by atoms with Crippen LogP contribution in [0.5, 0.6) is 5.75 Å². The molecule has 0 aliphatic rings. The van der Waals surface area contributed by atoms with Crippen LogP contribution in [0.1, 0.15) is 0 Å². The van der Waals surface area contributed by atoms with Gasteiger partial charge in [0.1, 0.15) is 6.20 Å². The summed E-state index contributed by atoms with van der Waals surface area (Å²) in [5.41, 5.74) is 0. The van der Waals surface area contributed by atoms with Crippen LogP contribution in [-0.2, 0) is 0 Å². The number of aromatic nitrogens is 1. The Labute approximate surface area is 54.6 Å². The van der Waals surface area contributed by atoms with Crippen molar-refractivity contribution in [2.45, 2.75) is 6.36 Å². The van der Waals surface area contributed by atoms with Crippen molar-refractivity contribution in [3.05, 3.63) is 18.5 Å². The van der Waals surface area contributed by atoms with Crippen molar-refractivity contribution in [1.82, 2.24) is 4.98 Å². The lowest BCUT2D eigenvalue weighted by molar-refractivity contribution is -0.274. The fourth-order valence-corrected chi connectivity index (χ4v) is 0.456. The third-order valence-corrected chi connectivity index (χ3v) is 0.739. The van der Waals surface area contributed by atoms with Crippen LogP contribution in [0.15, 0.2) is 12.3 Å². The van der Waals surface area contributed by atoms with Crippen molar-refractivity contribution in [1.29, 1.82) is 0 Å². The summed E-state index contributed by atoms with van der Waals surface area (Å²) >= 11 is 0. The van der Waals surface area contributed by atoms with Crippen molar-refractivity contribution >= 4 is 0 Å². The molecule has 1 aromatic heterocycles. The third-order valence-electron chi connectivity index (χ3n) is 0.739. The zero-order valence-electron chi connectivity index (χ0n) is 4.70. The molecule has 0 aliphatic carbocycles. The highest BCUT2D eigenvalue weighted by molar-refractivity contribution is 5.14. The minimum absolute atomic E-state index is 0.354. The molecule has 0 aliphatic heterocycles. The Morgan fingerprint density at radius 2 is 2.20 bits per heavy atom. The van der Waals surface area contributed by atoms with Gasteiger partial charge in [0.2, 0.25) is 0 Å². The van der Waals surface area contributed by atoms with Gasteiger partial charge in [-0.1, -0.05) is 0 Å². The van der Waals surface area contributed by atoms with Crippen LogP contribution in [0.4, 0.5) is 13.2 Å². The second-order valence-corrected chi connectivity index (χ2v) is 1.51. The molecule has 0 bridgehead atoms. The summed E-state index contributed by atoms with van der Waals surface area (Å²) < 4.78 is 37.5. The molecule has 0 amide bonds. The van der Waals surface area contributed by atoms with E-state index in [0.29, 0.717) is 0 Å². The van der Waals surface area contributed by atoms with E-state index in [2.05, 4.69) is 15.9 Å². The lowest BCUT2D eigenvalue weighted by Crippen LogP contribution is -2.16. The molecule has 1 rings (SSSR count). The standard InChI is InChI=1S/C5H3F3NO/c6-5(7,8)10-4-1-2-9-3-4/h1-2,9H. The Hall–Kier alpha value is -1.13. The summed E-state index contributed by atoms with van der Waals surface area (Å²) in [6.07, 6.45) is -1.21. The van der Waals surface area contributed by atoms with Gasteiger partial charge in [0.15, 0.2) is 5.75 Å². The van der Waals surface area contributed by atoms with Gasteiger partial charge in [0.25, 0.3) is 0 Å². The van der Waals surface area contributed by atoms with Crippen LogP contribution < -0.4 is 4.74 Å². The fraction of sp³-hybridized carbons (Fsp3) is 0.200. The minimum Gasteiger partial charge on any atom is -0.403 e. The first kappa shape index (κ1) is 6.98. The molecule has 0 aromatic carbocycles. The molecule has 0 saturated heterocycles. The summed E-state index contributed by atoms with van der Waals surface area (Å²) in [7, 11) is 0. The lowest BCUT2D eigenvalue weighted by atomic mass is 10.6. The zero-order valence-corrected chi connectivity index (χ0v) is 4.70. The molecule has 0 atom stereocenters. The normalized spacial score (nSPS) is 11.5. The Bertz CT molecular complexity index is 191. The first-order chi connectivity index (χ1) is 4.58. The summed E-state index contributed by atoms with van der Waals surface area (Å²) in [4.78, 5) is 2.30. The van der Waals surface area contributed by atoms with Crippen LogP contribution in [-0.4, -0.2) is 11.3 Å². The van der Waals surface area contributed by atoms with Crippen LogP contribution >= 0.6 is 0 Å². The quantitative estimate of drug-likeness (QED) is 0.647. The molecule has 0 spiro atoms. The van der Waals surface area contributed by atoms with Crippen LogP contribution in [0, 0.1) is 6.20 Å². The number of hydrogen-bond donors (Lipinski definition) is 1. The van der Waals surface area contributed by atoms with E-state index in [4.69, 9.17) is 0 Å². The van der Waals surface area contributed by atoms with E-state index >= 15 is 0 Å². The third kappa shape index (κ3) is 2.00. The Kier molecular flexibility index (Phi) is 1.57. The fourth-order valence-electron chi connectivity index (χ4n) is 0.456. The SMILES string of the molecule is FC(F)(F)Oc1[c][nH]cc1. The molecule has 1 radical (unpaired) electrons. The van der Waals surface area contributed by atoms with Crippen LogP contribution in [0.3, 0.4) is 0 Å². The molecule has 1 N–H and O–H groups in total. The highest BCUT2D eigenvalue weighted by Crippen LogP contribution is 2.20. The highest BCUT2D eigenvalue weighted by atomic mass is 19.4. The maximum Gasteiger partial charge on any atom is 0.573 e. The first-order valence-corrected chi connectivity index (χ1v) is 2.39. The smallest absolute Gasteiger partial charge is 0.403 e. The number of alkyl halides is 3. The predicted molar refractivity (Wildman–Crippen MR) is 26.3 cm³/mol. The van der Waals surface area contributed by atoms with E-state index in [1.807, 2.05) is 0 Å². The Balaban J connectivity index is 2.57. The maximum atomic E-state index is 11.4. The Morgan fingerprint density at radius 1 is 1.50 bits per heavy atom. The zero-order chi connectivity index (χ0) is 7.61. The van der Waals surface area contributed by atoms with E-state index in [9.17, 15) is 13.2 Å². The van der Waals surface area contributed by atoms with E-state index in [1.54, 1.807) is 0 Å². The summed E-state index contributed by atoms with van der Waals surface area (Å²) in [6.45, 7) is 0. The summed E-state index contributed by atoms with van der Waals surface area (Å²) in [5, 5.41) is 0. The van der Waals surface area contributed by atoms with Gasteiger partial charge >= 0.3 is 6.36 Å². The van der Waals surface area contributed by atoms with Gasteiger partial charge in [0.05, 0.1) is 0 Å². The Morgan fingerprint density at radius 3 is 2.60 bits per heavy atom. The maximum absolute atomic E-state index is 11.4. The largest absolute Gasteiger partial charge is 0.573 e. The van der Waals surface area contributed by atoms with Crippen molar-refractivity contribution in [3.63, 3.8) is 0 Å². The lowest BCUT2D eigenvalue weighted by Gasteiger charge is -2.04. The van der Waals surface area contributed by atoms with E-state index in [0.717, 1.165) is 6.07 Å². The highest BCUT2D eigenvalue weighted by Gasteiger charge is 2.31. The molecule has 0 unspecified atom stereocenters. The van der Waals surface area contributed by atoms with Gasteiger partial charge < -0.3 is 9.72 Å². The second-order valence-electron chi connectivity index (χ2n) is 1.51. The molecule has 0 fully saturated rings.